The van der Waals surface area contributed by atoms with Gasteiger partial charge in [-0.3, -0.25) is 4.99 Å². The number of benzene rings is 1. The van der Waals surface area contributed by atoms with Crippen LogP contribution in [0.15, 0.2) is 53.7 Å². The van der Waals surface area contributed by atoms with E-state index in [1.54, 1.807) is 26.3 Å². The number of nitrogens with one attached hydrogen (secondary N) is 1. The Morgan fingerprint density at radius 1 is 1.18 bits per heavy atom. The lowest BCUT2D eigenvalue weighted by Gasteiger charge is -2.37. The highest BCUT2D eigenvalue weighted by Gasteiger charge is 2.21. The van der Waals surface area contributed by atoms with Gasteiger partial charge in [-0.05, 0) is 29.8 Å². The number of hydrogen-bond donors (Lipinski definition) is 1. The molecule has 6 nitrogen and oxygen atoms in total. The number of hydrogen-bond acceptors (Lipinski definition) is 4. The zero-order chi connectivity index (χ0) is 19.1. The van der Waals surface area contributed by atoms with Crippen LogP contribution < -0.4 is 10.2 Å². The maximum absolute atomic E-state index is 13.1. The second-order valence-corrected chi connectivity index (χ2v) is 6.37. The Hall–Kier alpha value is -1.94. The van der Waals surface area contributed by atoms with Crippen LogP contribution in [0.3, 0.4) is 0 Å². The van der Waals surface area contributed by atoms with Crippen molar-refractivity contribution in [3.63, 3.8) is 0 Å². The molecule has 1 N–H and O–H groups in total. The van der Waals surface area contributed by atoms with Crippen molar-refractivity contribution in [1.82, 2.24) is 15.2 Å². The highest BCUT2D eigenvalue weighted by Crippen LogP contribution is 2.17. The van der Waals surface area contributed by atoms with E-state index in [0.717, 1.165) is 43.5 Å². The summed E-state index contributed by atoms with van der Waals surface area (Å²) in [5.74, 6) is 1.61. The minimum absolute atomic E-state index is 0. The Morgan fingerprint density at radius 2 is 1.89 bits per heavy atom. The molecule has 1 saturated heterocycles. The van der Waals surface area contributed by atoms with Gasteiger partial charge in [-0.15, -0.1) is 24.0 Å². The fourth-order valence-corrected chi connectivity index (χ4v) is 3.22. The molecule has 0 amide bonds. The average molecular weight is 499 g/mol. The first-order chi connectivity index (χ1) is 13.2. The van der Waals surface area contributed by atoms with Crippen LogP contribution in [-0.4, -0.2) is 62.7 Å². The van der Waals surface area contributed by atoms with Crippen LogP contribution in [0.4, 0.5) is 10.2 Å². The molecule has 152 valence electrons. The third-order valence-corrected chi connectivity index (χ3v) is 4.74. The summed E-state index contributed by atoms with van der Waals surface area (Å²) < 4.78 is 18.7. The predicted molar refractivity (Wildman–Crippen MR) is 121 cm³/mol. The average Bonchev–Trinajstić information content (AvgIpc) is 2.73. The predicted octanol–water partition coefficient (Wildman–Crippen LogP) is 2.92. The number of aromatic nitrogens is 1. The van der Waals surface area contributed by atoms with E-state index >= 15 is 0 Å². The molecule has 0 radical (unpaired) electrons. The molecule has 1 aromatic carbocycles. The lowest BCUT2D eigenvalue weighted by molar-refractivity contribution is 0.105. The van der Waals surface area contributed by atoms with E-state index < -0.39 is 0 Å². The molecule has 0 spiro atoms. The van der Waals surface area contributed by atoms with Gasteiger partial charge in [0.2, 0.25) is 0 Å². The van der Waals surface area contributed by atoms with Gasteiger partial charge in [-0.1, -0.05) is 18.2 Å². The molecule has 2 heterocycles. The van der Waals surface area contributed by atoms with Crippen LogP contribution in [0, 0.1) is 5.82 Å². The first-order valence-electron chi connectivity index (χ1n) is 9.11. The number of pyridine rings is 1. The minimum atomic E-state index is -0.247. The second kappa shape index (κ2) is 11.2. The molecule has 0 bridgehead atoms. The van der Waals surface area contributed by atoms with Crippen LogP contribution in [0.1, 0.15) is 11.7 Å². The summed E-state index contributed by atoms with van der Waals surface area (Å²) in [6.07, 6.45) is 1.65. The molecule has 2 aromatic rings. The summed E-state index contributed by atoms with van der Waals surface area (Å²) in [7, 11) is 3.44. The van der Waals surface area contributed by atoms with E-state index in [-0.39, 0.29) is 35.9 Å². The SMILES string of the molecule is CN=C(NCC(OC)c1ccc(F)cc1)N1CCN(c2ccccn2)CC1.I. The number of methoxy groups -OCH3 is 1. The summed E-state index contributed by atoms with van der Waals surface area (Å²) in [6.45, 7) is 4.08. The van der Waals surface area contributed by atoms with Crippen LogP contribution in [0.25, 0.3) is 0 Å². The molecule has 0 saturated carbocycles. The topological polar surface area (TPSA) is 53.0 Å². The van der Waals surface area contributed by atoms with Crippen molar-refractivity contribution in [3.05, 3.63) is 60.0 Å². The monoisotopic (exact) mass is 499 g/mol. The first kappa shape index (κ1) is 22.4. The fourth-order valence-electron chi connectivity index (χ4n) is 3.22. The molecule has 3 rings (SSSR count). The van der Waals surface area contributed by atoms with Gasteiger partial charge in [0.05, 0.1) is 6.10 Å². The number of ether oxygens (including phenoxy) is 1. The normalized spacial score (nSPS) is 15.8. The number of anilines is 1. The third kappa shape index (κ3) is 5.78. The van der Waals surface area contributed by atoms with Crippen LogP contribution in [0.2, 0.25) is 0 Å². The Bertz CT molecular complexity index is 736. The van der Waals surface area contributed by atoms with E-state index in [1.165, 1.54) is 12.1 Å². The highest BCUT2D eigenvalue weighted by atomic mass is 127. The molecule has 1 aliphatic heterocycles. The van der Waals surface area contributed by atoms with Crippen LogP contribution in [0.5, 0.6) is 0 Å². The van der Waals surface area contributed by atoms with Gasteiger partial charge in [0.15, 0.2) is 5.96 Å². The molecule has 1 atom stereocenters. The molecule has 1 unspecified atom stereocenters. The van der Waals surface area contributed by atoms with Crippen molar-refractivity contribution in [2.24, 2.45) is 4.99 Å². The van der Waals surface area contributed by atoms with Crippen molar-refractivity contribution in [2.75, 3.05) is 51.8 Å². The lowest BCUT2D eigenvalue weighted by Crippen LogP contribution is -2.53. The highest BCUT2D eigenvalue weighted by molar-refractivity contribution is 14.0. The zero-order valence-corrected chi connectivity index (χ0v) is 18.5. The molecule has 0 aliphatic carbocycles. The smallest absolute Gasteiger partial charge is 0.193 e. The Morgan fingerprint density at radius 3 is 2.46 bits per heavy atom. The Labute approximate surface area is 182 Å². The van der Waals surface area contributed by atoms with Crippen molar-refractivity contribution in [2.45, 2.75) is 6.10 Å². The van der Waals surface area contributed by atoms with E-state index in [4.69, 9.17) is 4.74 Å². The number of halogens is 2. The summed E-state index contributed by atoms with van der Waals surface area (Å²) >= 11 is 0. The molecule has 8 heteroatoms. The number of rotatable bonds is 5. The Kier molecular flexibility index (Phi) is 8.91. The van der Waals surface area contributed by atoms with Crippen molar-refractivity contribution in [3.8, 4) is 0 Å². The summed E-state index contributed by atoms with van der Waals surface area (Å²) in [4.78, 5) is 13.3. The van der Waals surface area contributed by atoms with Crippen molar-refractivity contribution < 1.29 is 9.13 Å². The van der Waals surface area contributed by atoms with Gasteiger partial charge in [0.1, 0.15) is 11.6 Å². The minimum Gasteiger partial charge on any atom is -0.375 e. The summed E-state index contributed by atoms with van der Waals surface area (Å²) in [6, 6.07) is 12.4. The number of piperazine rings is 1. The largest absolute Gasteiger partial charge is 0.375 e. The molecule has 28 heavy (non-hydrogen) atoms. The van der Waals surface area contributed by atoms with E-state index in [1.807, 2.05) is 24.4 Å². The van der Waals surface area contributed by atoms with Crippen LogP contribution in [-0.2, 0) is 4.74 Å². The standard InChI is InChI=1S/C20H26FN5O.HI/c1-22-20(24-15-18(27-2)16-6-8-17(21)9-7-16)26-13-11-25(12-14-26)19-5-3-4-10-23-19;/h3-10,18H,11-15H2,1-2H3,(H,22,24);1H. The van der Waals surface area contributed by atoms with Gasteiger partial charge in [-0.2, -0.15) is 0 Å². The van der Waals surface area contributed by atoms with E-state index in [0.29, 0.717) is 6.54 Å². The quantitative estimate of drug-likeness (QED) is 0.390. The van der Waals surface area contributed by atoms with Gasteiger partial charge in [0, 0.05) is 53.1 Å². The molecular weight excluding hydrogens is 472 g/mol. The zero-order valence-electron chi connectivity index (χ0n) is 16.2. The van der Waals surface area contributed by atoms with E-state index in [2.05, 4.69) is 25.1 Å². The number of guanidine groups is 1. The molecular formula is C20H27FIN5O. The fraction of sp³-hybridized carbons (Fsp3) is 0.400. The maximum Gasteiger partial charge on any atom is 0.193 e. The summed E-state index contributed by atoms with van der Waals surface area (Å²) in [5.41, 5.74) is 0.932. The van der Waals surface area contributed by atoms with E-state index in [9.17, 15) is 4.39 Å². The van der Waals surface area contributed by atoms with Crippen molar-refractivity contribution >= 4 is 35.8 Å². The molecule has 1 fully saturated rings. The Balaban J connectivity index is 0.00000280. The molecule has 1 aliphatic rings. The second-order valence-electron chi connectivity index (χ2n) is 6.37. The van der Waals surface area contributed by atoms with Gasteiger partial charge >= 0.3 is 0 Å². The maximum atomic E-state index is 13.1. The van der Waals surface area contributed by atoms with Crippen molar-refractivity contribution in [1.29, 1.82) is 0 Å². The van der Waals surface area contributed by atoms with Gasteiger partial charge in [-0.25, -0.2) is 9.37 Å². The number of nitrogens with zero attached hydrogens (tertiary/aromatic N) is 4. The van der Waals surface area contributed by atoms with Gasteiger partial charge < -0.3 is 19.9 Å². The summed E-state index contributed by atoms with van der Waals surface area (Å²) in [5, 5.41) is 3.38. The number of aliphatic imine (C=N–C) groups is 1. The lowest BCUT2D eigenvalue weighted by atomic mass is 10.1. The van der Waals surface area contributed by atoms with Crippen LogP contribution >= 0.6 is 24.0 Å². The molecule has 1 aromatic heterocycles. The first-order valence-corrected chi connectivity index (χ1v) is 9.11. The van der Waals surface area contributed by atoms with Gasteiger partial charge in [0.25, 0.3) is 0 Å². The third-order valence-electron chi connectivity index (χ3n) is 4.74.